The summed E-state index contributed by atoms with van der Waals surface area (Å²) in [7, 11) is 0. The average molecular weight is 290 g/mol. The van der Waals surface area contributed by atoms with E-state index in [1.807, 2.05) is 12.2 Å². The zero-order chi connectivity index (χ0) is 16.5. The molecule has 0 bridgehead atoms. The molecule has 2 atom stereocenters. The van der Waals surface area contributed by atoms with Crippen LogP contribution in [0.3, 0.4) is 0 Å². The Balaban J connectivity index is 4.78. The summed E-state index contributed by atoms with van der Waals surface area (Å²) in [6.07, 6.45) is 12.9. The van der Waals surface area contributed by atoms with E-state index in [2.05, 4.69) is 72.2 Å². The molecular weight excluding hydrogens is 254 g/mol. The van der Waals surface area contributed by atoms with Crippen molar-refractivity contribution in [3.05, 3.63) is 48.6 Å². The molecule has 0 saturated carbocycles. The second-order valence-corrected chi connectivity index (χ2v) is 7.01. The first-order chi connectivity index (χ1) is 9.66. The molecule has 0 aromatic rings. The first kappa shape index (κ1) is 19.9. The van der Waals surface area contributed by atoms with Gasteiger partial charge >= 0.3 is 0 Å². The Morgan fingerprint density at radius 1 is 0.810 bits per heavy atom. The lowest BCUT2D eigenvalue weighted by atomic mass is 9.87. The first-order valence-corrected chi connectivity index (χ1v) is 7.99. The lowest BCUT2D eigenvalue weighted by Gasteiger charge is -2.38. The van der Waals surface area contributed by atoms with Crippen LogP contribution < -0.4 is 5.32 Å². The van der Waals surface area contributed by atoms with Gasteiger partial charge in [0, 0.05) is 11.1 Å². The Kier molecular flexibility index (Phi) is 8.58. The third-order valence-electron chi connectivity index (χ3n) is 3.90. The van der Waals surface area contributed by atoms with Gasteiger partial charge in [0.05, 0.1) is 0 Å². The van der Waals surface area contributed by atoms with Gasteiger partial charge in [-0.15, -0.1) is 13.2 Å². The molecule has 2 unspecified atom stereocenters. The van der Waals surface area contributed by atoms with E-state index in [4.69, 9.17) is 0 Å². The van der Waals surface area contributed by atoms with E-state index in [1.165, 1.54) is 11.1 Å². The molecule has 1 nitrogen and oxygen atoms in total. The molecule has 0 aromatic heterocycles. The van der Waals surface area contributed by atoms with Crippen LogP contribution >= 0.6 is 0 Å². The molecule has 21 heavy (non-hydrogen) atoms. The van der Waals surface area contributed by atoms with Crippen LogP contribution in [0.2, 0.25) is 0 Å². The number of allylic oxidation sites excluding steroid dienone is 4. The summed E-state index contributed by atoms with van der Waals surface area (Å²) < 4.78 is 0. The molecule has 0 amide bonds. The van der Waals surface area contributed by atoms with Crippen molar-refractivity contribution in [1.29, 1.82) is 0 Å². The Morgan fingerprint density at radius 3 is 1.38 bits per heavy atom. The largest absolute Gasteiger partial charge is 0.299 e. The standard InChI is InChI=1S/C20H35N/c1-9-19(7,15-11-13-17(3)4)21-20(8,10-2)16-12-14-18(5)6/h9-10,13-14,21H,1-2,11-12,15-16H2,3-8H3. The van der Waals surface area contributed by atoms with Crippen LogP contribution in [-0.4, -0.2) is 11.1 Å². The summed E-state index contributed by atoms with van der Waals surface area (Å²) in [6.45, 7) is 21.1. The predicted molar refractivity (Wildman–Crippen MR) is 97.7 cm³/mol. The van der Waals surface area contributed by atoms with E-state index >= 15 is 0 Å². The molecule has 0 fully saturated rings. The fourth-order valence-electron chi connectivity index (χ4n) is 2.40. The van der Waals surface area contributed by atoms with Crippen molar-refractivity contribution in [3.63, 3.8) is 0 Å². The lowest BCUT2D eigenvalue weighted by Crippen LogP contribution is -2.53. The molecule has 0 rings (SSSR count). The molecule has 0 aliphatic carbocycles. The van der Waals surface area contributed by atoms with Gasteiger partial charge in [-0.1, -0.05) is 35.5 Å². The molecule has 0 saturated heterocycles. The van der Waals surface area contributed by atoms with Gasteiger partial charge in [-0.05, 0) is 67.2 Å². The topological polar surface area (TPSA) is 12.0 Å². The Bertz CT molecular complexity index is 356. The SMILES string of the molecule is C=CC(C)(CCC=C(C)C)NC(C)(C=C)CCC=C(C)C. The van der Waals surface area contributed by atoms with Crippen LogP contribution in [0.1, 0.15) is 67.2 Å². The molecule has 0 aliphatic heterocycles. The fraction of sp³-hybridized carbons (Fsp3) is 0.600. The highest BCUT2D eigenvalue weighted by Gasteiger charge is 2.29. The molecule has 0 heterocycles. The smallest absolute Gasteiger partial charge is 0.0343 e. The monoisotopic (exact) mass is 289 g/mol. The summed E-state index contributed by atoms with van der Waals surface area (Å²) in [4.78, 5) is 0. The molecule has 0 aliphatic rings. The summed E-state index contributed by atoms with van der Waals surface area (Å²) in [6, 6.07) is 0. The Labute approximate surface area is 132 Å². The quantitative estimate of drug-likeness (QED) is 0.489. The molecule has 0 aromatic carbocycles. The van der Waals surface area contributed by atoms with Gasteiger partial charge in [-0.3, -0.25) is 5.32 Å². The van der Waals surface area contributed by atoms with Crippen LogP contribution in [0.15, 0.2) is 48.6 Å². The van der Waals surface area contributed by atoms with Crippen LogP contribution in [0.4, 0.5) is 0 Å². The minimum atomic E-state index is -0.0696. The highest BCUT2D eigenvalue weighted by molar-refractivity contribution is 5.11. The van der Waals surface area contributed by atoms with Gasteiger partial charge in [-0.25, -0.2) is 0 Å². The first-order valence-electron chi connectivity index (χ1n) is 7.99. The van der Waals surface area contributed by atoms with E-state index in [-0.39, 0.29) is 11.1 Å². The van der Waals surface area contributed by atoms with Crippen LogP contribution in [0, 0.1) is 0 Å². The fourth-order valence-corrected chi connectivity index (χ4v) is 2.40. The van der Waals surface area contributed by atoms with Crippen LogP contribution in [0.5, 0.6) is 0 Å². The van der Waals surface area contributed by atoms with Crippen molar-refractivity contribution in [2.75, 3.05) is 0 Å². The number of rotatable bonds is 10. The van der Waals surface area contributed by atoms with E-state index in [0.29, 0.717) is 0 Å². The zero-order valence-electron chi connectivity index (χ0n) is 15.1. The second kappa shape index (κ2) is 9.04. The molecule has 0 radical (unpaired) electrons. The lowest BCUT2D eigenvalue weighted by molar-refractivity contribution is 0.294. The van der Waals surface area contributed by atoms with Gasteiger partial charge in [0.15, 0.2) is 0 Å². The van der Waals surface area contributed by atoms with Gasteiger partial charge in [0.1, 0.15) is 0 Å². The van der Waals surface area contributed by atoms with Gasteiger partial charge in [0.2, 0.25) is 0 Å². The average Bonchev–Trinajstić information content (AvgIpc) is 2.37. The number of hydrogen-bond acceptors (Lipinski definition) is 1. The van der Waals surface area contributed by atoms with Gasteiger partial charge in [0.25, 0.3) is 0 Å². The zero-order valence-corrected chi connectivity index (χ0v) is 15.1. The van der Waals surface area contributed by atoms with Crippen molar-refractivity contribution in [3.8, 4) is 0 Å². The van der Waals surface area contributed by atoms with Crippen molar-refractivity contribution >= 4 is 0 Å². The summed E-state index contributed by atoms with van der Waals surface area (Å²) in [5.74, 6) is 0. The predicted octanol–water partition coefficient (Wildman–Crippen LogP) is 5.96. The third kappa shape index (κ3) is 8.72. The molecule has 0 spiro atoms. The van der Waals surface area contributed by atoms with Crippen molar-refractivity contribution < 1.29 is 0 Å². The van der Waals surface area contributed by atoms with Crippen LogP contribution in [-0.2, 0) is 0 Å². The van der Waals surface area contributed by atoms with E-state index in [9.17, 15) is 0 Å². The van der Waals surface area contributed by atoms with Crippen molar-refractivity contribution in [1.82, 2.24) is 5.32 Å². The molecule has 1 N–H and O–H groups in total. The minimum Gasteiger partial charge on any atom is -0.299 e. The summed E-state index contributed by atoms with van der Waals surface area (Å²) in [5, 5.41) is 3.76. The van der Waals surface area contributed by atoms with Crippen LogP contribution in [0.25, 0.3) is 0 Å². The normalized spacial score (nSPS) is 16.3. The maximum absolute atomic E-state index is 4.03. The number of hydrogen-bond donors (Lipinski definition) is 1. The van der Waals surface area contributed by atoms with Crippen molar-refractivity contribution in [2.24, 2.45) is 0 Å². The maximum atomic E-state index is 4.03. The summed E-state index contributed by atoms with van der Waals surface area (Å²) >= 11 is 0. The highest BCUT2D eigenvalue weighted by Crippen LogP contribution is 2.23. The second-order valence-electron chi connectivity index (χ2n) is 7.01. The van der Waals surface area contributed by atoms with E-state index in [0.717, 1.165) is 25.7 Å². The minimum absolute atomic E-state index is 0.0696. The Morgan fingerprint density at radius 2 is 1.14 bits per heavy atom. The molecule has 1 heteroatoms. The van der Waals surface area contributed by atoms with E-state index < -0.39 is 0 Å². The number of nitrogens with one attached hydrogen (secondary N) is 1. The van der Waals surface area contributed by atoms with Crippen molar-refractivity contribution in [2.45, 2.75) is 78.3 Å². The molecule has 120 valence electrons. The Hall–Kier alpha value is -1.08. The van der Waals surface area contributed by atoms with Gasteiger partial charge in [-0.2, -0.15) is 0 Å². The van der Waals surface area contributed by atoms with Gasteiger partial charge < -0.3 is 0 Å². The summed E-state index contributed by atoms with van der Waals surface area (Å²) in [5.41, 5.74) is 2.60. The highest BCUT2D eigenvalue weighted by atomic mass is 15.0. The van der Waals surface area contributed by atoms with E-state index in [1.54, 1.807) is 0 Å². The maximum Gasteiger partial charge on any atom is 0.0343 e. The third-order valence-corrected chi connectivity index (χ3v) is 3.90. The molecular formula is C20H35N.